The molecule has 1 unspecified atom stereocenters. The molecule has 1 aromatic heterocycles. The molecule has 5 atom stereocenters. The number of fused-ring (bicyclic) bond motifs is 3. The molecular weight excluding hydrogens is 678 g/mol. The van der Waals surface area contributed by atoms with E-state index in [0.717, 1.165) is 5.56 Å². The number of aliphatic hydroxyl groups is 1. The summed E-state index contributed by atoms with van der Waals surface area (Å²) in [5, 5.41) is 18.9. The number of carbonyl (C=O) groups excluding carboxylic acids is 2. The van der Waals surface area contributed by atoms with Gasteiger partial charge in [-0.25, -0.2) is 0 Å². The van der Waals surface area contributed by atoms with Gasteiger partial charge in [-0.2, -0.15) is 0 Å². The van der Waals surface area contributed by atoms with E-state index in [1.165, 1.54) is 0 Å². The molecule has 2 amide bonds. The molecule has 4 heterocycles. The molecule has 3 aliphatic heterocycles. The van der Waals surface area contributed by atoms with Crippen molar-refractivity contribution in [3.8, 4) is 5.75 Å². The van der Waals surface area contributed by atoms with Gasteiger partial charge in [0, 0.05) is 41.1 Å². The Morgan fingerprint density at radius 1 is 0.923 bits per heavy atom. The number of carbonyl (C=O) groups is 2. The molecule has 266 valence electrons. The molecule has 12 heteroatoms. The molecule has 1 N–H and O–H groups in total. The number of anilines is 4. The molecule has 1 spiro atoms. The highest BCUT2D eigenvalue weighted by Crippen LogP contribution is 2.62. The van der Waals surface area contributed by atoms with Gasteiger partial charge in [-0.1, -0.05) is 72.8 Å². The van der Waals surface area contributed by atoms with Crippen molar-refractivity contribution in [2.45, 2.75) is 56.1 Å². The number of halogens is 1. The molecular formula is C40H40FN5O5Si. The number of benzene rings is 4. The third-order valence-corrected chi connectivity index (χ3v) is 13.2. The summed E-state index contributed by atoms with van der Waals surface area (Å²) in [5.41, 5.74) is 2.60. The number of aromatic nitrogens is 3. The minimum atomic E-state index is -3.46. The van der Waals surface area contributed by atoms with E-state index in [9.17, 15) is 9.90 Å². The molecule has 10 nitrogen and oxygen atoms in total. The Morgan fingerprint density at radius 2 is 1.63 bits per heavy atom. The van der Waals surface area contributed by atoms with Crippen LogP contribution < -0.4 is 14.5 Å². The van der Waals surface area contributed by atoms with Crippen LogP contribution in [0.3, 0.4) is 0 Å². The zero-order valence-corrected chi connectivity index (χ0v) is 30.2. The number of aryl methyl sites for hydroxylation is 1. The fourth-order valence-corrected chi connectivity index (χ4v) is 11.0. The van der Waals surface area contributed by atoms with Gasteiger partial charge in [-0.05, 0) is 67.5 Å². The van der Waals surface area contributed by atoms with Gasteiger partial charge in [0.15, 0.2) is 12.2 Å². The summed E-state index contributed by atoms with van der Waals surface area (Å²) < 4.78 is 31.1. The topological polar surface area (TPSA) is 110 Å². The van der Waals surface area contributed by atoms with Crippen LogP contribution in [0.5, 0.6) is 5.75 Å². The SMILES string of the molecule is C[C@@H]1[C@@H]([Si](C)(C)F)[C@H](CCn2cc(C(CO)c3ccccc3)nn2)O[C@@]12C(=O)N(c1ccccc1)c1ccc(N3C(=O)COc4ccccc43)cc12. The summed E-state index contributed by atoms with van der Waals surface area (Å²) >= 11 is 0. The van der Waals surface area contributed by atoms with E-state index < -0.39 is 31.6 Å². The maximum atomic E-state index is 16.6. The number of nitrogens with zero attached hydrogens (tertiary/aromatic N) is 5. The number of hydrogen-bond acceptors (Lipinski definition) is 7. The van der Waals surface area contributed by atoms with E-state index in [1.807, 2.05) is 116 Å². The summed E-state index contributed by atoms with van der Waals surface area (Å²) in [4.78, 5) is 31.7. The van der Waals surface area contributed by atoms with Crippen molar-refractivity contribution >= 4 is 43.0 Å². The second-order valence-electron chi connectivity index (χ2n) is 14.3. The predicted molar refractivity (Wildman–Crippen MR) is 197 cm³/mol. The predicted octanol–water partition coefficient (Wildman–Crippen LogP) is 7.00. The van der Waals surface area contributed by atoms with Crippen molar-refractivity contribution in [3.63, 3.8) is 0 Å². The lowest BCUT2D eigenvalue weighted by Gasteiger charge is -2.32. The lowest BCUT2D eigenvalue weighted by Crippen LogP contribution is -2.44. The molecule has 0 aliphatic carbocycles. The summed E-state index contributed by atoms with van der Waals surface area (Å²) in [5.74, 6) is -0.805. The molecule has 0 saturated carbocycles. The van der Waals surface area contributed by atoms with Gasteiger partial charge >= 0.3 is 0 Å². The van der Waals surface area contributed by atoms with Gasteiger partial charge in [0.05, 0.1) is 35.7 Å². The summed E-state index contributed by atoms with van der Waals surface area (Å²) in [7, 11) is -3.46. The average Bonchev–Trinajstić information content (AvgIpc) is 3.81. The van der Waals surface area contributed by atoms with Crippen molar-refractivity contribution < 1.29 is 28.3 Å². The molecule has 1 saturated heterocycles. The van der Waals surface area contributed by atoms with Crippen LogP contribution in [0.25, 0.3) is 0 Å². The number of ether oxygens (including phenoxy) is 2. The van der Waals surface area contributed by atoms with Crippen molar-refractivity contribution in [3.05, 3.63) is 126 Å². The second kappa shape index (κ2) is 13.1. The molecule has 0 bridgehead atoms. The Kier molecular flexibility index (Phi) is 8.55. The van der Waals surface area contributed by atoms with E-state index >= 15 is 8.90 Å². The van der Waals surface area contributed by atoms with Gasteiger partial charge in [0.2, 0.25) is 8.41 Å². The van der Waals surface area contributed by atoms with Crippen LogP contribution in [-0.4, -0.2) is 59.6 Å². The highest BCUT2D eigenvalue weighted by molar-refractivity contribution is 6.72. The number of rotatable bonds is 9. The Hall–Kier alpha value is -5.17. The minimum Gasteiger partial charge on any atom is -0.482 e. The van der Waals surface area contributed by atoms with Crippen LogP contribution >= 0.6 is 0 Å². The fraction of sp³-hybridized carbons (Fsp3) is 0.300. The van der Waals surface area contributed by atoms with Crippen LogP contribution in [0.2, 0.25) is 18.6 Å². The number of aliphatic hydroxyl groups excluding tert-OH is 1. The Labute approximate surface area is 302 Å². The van der Waals surface area contributed by atoms with Crippen LogP contribution in [0.15, 0.2) is 109 Å². The standard InChI is InChI=1S/C40H40FN5O5Si/c1-26-38(52(2,3)41)36(20-21-44-23-32(42-43-44)30(24-47)27-12-6-4-7-13-27)51-40(26)31-22-29(45-34-16-10-11-17-35(34)50-25-37(45)48)18-19-33(31)46(39(40)49)28-14-8-5-9-15-28/h4-19,22-23,26,30,36,38,47H,20-21,24-25H2,1-3H3/t26-,30?,36+,38-,40+/m1/s1. The second-order valence-corrected chi connectivity index (χ2v) is 18.1. The first kappa shape index (κ1) is 33.9. The van der Waals surface area contributed by atoms with Crippen molar-refractivity contribution in [1.29, 1.82) is 0 Å². The van der Waals surface area contributed by atoms with Gasteiger partial charge in [-0.15, -0.1) is 5.10 Å². The largest absolute Gasteiger partial charge is 0.482 e. The van der Waals surface area contributed by atoms with Gasteiger partial charge in [-0.3, -0.25) is 24.1 Å². The summed E-state index contributed by atoms with van der Waals surface area (Å²) in [6.07, 6.45) is 1.59. The maximum absolute atomic E-state index is 16.6. The highest BCUT2D eigenvalue weighted by atomic mass is 28.4. The Bertz CT molecular complexity index is 2130. The van der Waals surface area contributed by atoms with Gasteiger partial charge in [0.25, 0.3) is 11.8 Å². The highest BCUT2D eigenvalue weighted by Gasteiger charge is 2.67. The lowest BCUT2D eigenvalue weighted by atomic mass is 9.82. The van der Waals surface area contributed by atoms with E-state index in [2.05, 4.69) is 10.3 Å². The van der Waals surface area contributed by atoms with Crippen molar-refractivity contribution in [2.24, 2.45) is 5.92 Å². The Balaban J connectivity index is 1.18. The van der Waals surface area contributed by atoms with Crippen molar-refractivity contribution in [2.75, 3.05) is 23.0 Å². The fourth-order valence-electron chi connectivity index (χ4n) is 8.49. The van der Waals surface area contributed by atoms with E-state index in [0.29, 0.717) is 52.7 Å². The molecule has 8 rings (SSSR count). The van der Waals surface area contributed by atoms with Gasteiger partial charge in [0.1, 0.15) is 5.75 Å². The number of hydrogen-bond donors (Lipinski definition) is 1. The maximum Gasteiger partial charge on any atom is 0.269 e. The van der Waals surface area contributed by atoms with Gasteiger partial charge < -0.3 is 18.7 Å². The molecule has 1 fully saturated rings. The van der Waals surface area contributed by atoms with Crippen LogP contribution in [0, 0.1) is 5.92 Å². The summed E-state index contributed by atoms with van der Waals surface area (Å²) in [6.45, 7) is 5.41. The average molecular weight is 718 g/mol. The zero-order valence-electron chi connectivity index (χ0n) is 29.2. The van der Waals surface area contributed by atoms with Crippen LogP contribution in [0.4, 0.5) is 26.9 Å². The number of amides is 2. The molecule has 5 aromatic rings. The molecule has 4 aromatic carbocycles. The quantitative estimate of drug-likeness (QED) is 0.129. The summed E-state index contributed by atoms with van der Waals surface area (Å²) in [6, 6.07) is 31.9. The zero-order chi connectivity index (χ0) is 36.2. The Morgan fingerprint density at radius 3 is 2.37 bits per heavy atom. The first-order chi connectivity index (χ1) is 25.1. The molecule has 52 heavy (non-hydrogen) atoms. The van der Waals surface area contributed by atoms with E-state index in [-0.39, 0.29) is 30.9 Å². The first-order valence-electron chi connectivity index (χ1n) is 17.6. The normalized spacial score (nSPS) is 23.1. The van der Waals surface area contributed by atoms with Crippen LogP contribution in [0.1, 0.15) is 36.1 Å². The van der Waals surface area contributed by atoms with Crippen molar-refractivity contribution in [1.82, 2.24) is 15.0 Å². The number of para-hydroxylation sites is 3. The molecule has 3 aliphatic rings. The minimum absolute atomic E-state index is 0.124. The molecule has 0 radical (unpaired) electrons. The lowest BCUT2D eigenvalue weighted by molar-refractivity contribution is -0.145. The third kappa shape index (κ3) is 5.53. The van der Waals surface area contributed by atoms with Crippen LogP contribution in [-0.2, 0) is 26.5 Å². The third-order valence-electron chi connectivity index (χ3n) is 10.8. The van der Waals surface area contributed by atoms with E-state index in [4.69, 9.17) is 9.47 Å². The monoisotopic (exact) mass is 717 g/mol. The first-order valence-corrected chi connectivity index (χ1v) is 20.6. The smallest absolute Gasteiger partial charge is 0.269 e. The van der Waals surface area contributed by atoms with E-state index in [1.54, 1.807) is 27.6 Å².